The highest BCUT2D eigenvalue weighted by molar-refractivity contribution is 6.32. The van der Waals surface area contributed by atoms with E-state index in [-0.39, 0.29) is 5.91 Å². The Morgan fingerprint density at radius 2 is 1.61 bits per heavy atom. The van der Waals surface area contributed by atoms with Crippen LogP contribution in [0.4, 0.5) is 5.69 Å². The third kappa shape index (κ3) is 4.23. The predicted molar refractivity (Wildman–Crippen MR) is 119 cm³/mol. The van der Waals surface area contributed by atoms with Gasteiger partial charge in [-0.25, -0.2) is 4.79 Å². The summed E-state index contributed by atoms with van der Waals surface area (Å²) >= 11 is 0. The van der Waals surface area contributed by atoms with Crippen LogP contribution < -0.4 is 14.5 Å². The third-order valence-corrected chi connectivity index (χ3v) is 4.81. The fourth-order valence-electron chi connectivity index (χ4n) is 3.16. The Hall–Kier alpha value is -4.19. The first-order valence-electron chi connectivity index (χ1n) is 9.69. The quantitative estimate of drug-likeness (QED) is 0.345. The van der Waals surface area contributed by atoms with Crippen molar-refractivity contribution in [3.8, 4) is 11.5 Å². The molecule has 1 amide bonds. The minimum Gasteiger partial charge on any atom is -0.497 e. The van der Waals surface area contributed by atoms with Crippen molar-refractivity contribution in [2.24, 2.45) is 5.10 Å². The number of carbonyl (C=O) groups is 2. The molecule has 154 valence electrons. The summed E-state index contributed by atoms with van der Waals surface area (Å²) in [6, 6.07) is 22.9. The maximum Gasteiger partial charge on any atom is 0.343 e. The Bertz CT molecular complexity index is 1180. The van der Waals surface area contributed by atoms with Gasteiger partial charge in [-0.1, -0.05) is 36.4 Å². The van der Waals surface area contributed by atoms with E-state index in [1.54, 1.807) is 62.6 Å². The smallest absolute Gasteiger partial charge is 0.343 e. The summed E-state index contributed by atoms with van der Waals surface area (Å²) in [5.74, 6) is 0.274. The van der Waals surface area contributed by atoms with Crippen LogP contribution in [0.5, 0.6) is 11.5 Å². The van der Waals surface area contributed by atoms with Crippen molar-refractivity contribution in [1.29, 1.82) is 0 Å². The van der Waals surface area contributed by atoms with Crippen molar-refractivity contribution in [2.45, 2.75) is 6.92 Å². The molecular formula is C25H20N2O4. The Morgan fingerprint density at radius 3 is 2.32 bits per heavy atom. The predicted octanol–water partition coefficient (Wildman–Crippen LogP) is 4.72. The van der Waals surface area contributed by atoms with E-state index in [2.05, 4.69) is 5.10 Å². The van der Waals surface area contributed by atoms with Gasteiger partial charge in [0.25, 0.3) is 5.91 Å². The van der Waals surface area contributed by atoms with Gasteiger partial charge in [-0.2, -0.15) is 10.1 Å². The highest BCUT2D eigenvalue weighted by Crippen LogP contribution is 2.28. The number of hydrazone groups is 1. The van der Waals surface area contributed by atoms with Gasteiger partial charge < -0.3 is 9.47 Å². The summed E-state index contributed by atoms with van der Waals surface area (Å²) in [6.07, 6.45) is 1.70. The van der Waals surface area contributed by atoms with Crippen LogP contribution in [0, 0.1) is 0 Å². The maximum absolute atomic E-state index is 13.0. The van der Waals surface area contributed by atoms with Crippen molar-refractivity contribution in [3.63, 3.8) is 0 Å². The minimum absolute atomic E-state index is 0.236. The number of para-hydroxylation sites is 2. The summed E-state index contributed by atoms with van der Waals surface area (Å²) in [5, 5.41) is 5.75. The lowest BCUT2D eigenvalue weighted by Crippen LogP contribution is -2.21. The molecule has 1 aliphatic heterocycles. The largest absolute Gasteiger partial charge is 0.497 e. The number of nitrogens with zero attached hydrogens (tertiary/aromatic N) is 2. The van der Waals surface area contributed by atoms with Crippen LogP contribution in [-0.2, 0) is 4.79 Å². The number of benzene rings is 3. The molecule has 0 unspecified atom stereocenters. The van der Waals surface area contributed by atoms with Gasteiger partial charge >= 0.3 is 5.97 Å². The van der Waals surface area contributed by atoms with Crippen LogP contribution in [0.2, 0.25) is 0 Å². The maximum atomic E-state index is 13.0. The van der Waals surface area contributed by atoms with E-state index >= 15 is 0 Å². The first-order valence-corrected chi connectivity index (χ1v) is 9.69. The number of hydrogen-bond donors (Lipinski definition) is 0. The molecule has 3 aromatic rings. The number of hydrogen-bond acceptors (Lipinski definition) is 5. The van der Waals surface area contributed by atoms with Crippen LogP contribution in [0.1, 0.15) is 22.8 Å². The van der Waals surface area contributed by atoms with E-state index in [1.165, 1.54) is 5.01 Å². The topological polar surface area (TPSA) is 68.2 Å². The SMILES string of the molecule is COc1ccc(C(=O)Oc2ccccc2/C=C2/C(=O)N(c3ccccc3)N=C2C)cc1. The molecule has 1 heterocycles. The molecule has 0 bridgehead atoms. The molecule has 0 saturated heterocycles. The summed E-state index contributed by atoms with van der Waals surface area (Å²) in [4.78, 5) is 25.5. The molecule has 31 heavy (non-hydrogen) atoms. The van der Waals surface area contributed by atoms with Crippen LogP contribution in [0.25, 0.3) is 6.08 Å². The first kappa shape index (κ1) is 20.1. The molecule has 0 aliphatic carbocycles. The van der Waals surface area contributed by atoms with Gasteiger partial charge in [-0.15, -0.1) is 0 Å². The Morgan fingerprint density at radius 1 is 0.935 bits per heavy atom. The van der Waals surface area contributed by atoms with Gasteiger partial charge in [0.15, 0.2) is 0 Å². The number of carbonyl (C=O) groups excluding carboxylic acids is 2. The molecule has 0 fully saturated rings. The van der Waals surface area contributed by atoms with Crippen LogP contribution in [0.15, 0.2) is 89.5 Å². The Kier molecular flexibility index (Phi) is 5.62. The van der Waals surface area contributed by atoms with Crippen molar-refractivity contribution < 1.29 is 19.1 Å². The highest BCUT2D eigenvalue weighted by atomic mass is 16.5. The van der Waals surface area contributed by atoms with Gasteiger partial charge in [-0.3, -0.25) is 4.79 Å². The molecule has 3 aromatic carbocycles. The van der Waals surface area contributed by atoms with Gasteiger partial charge in [0.1, 0.15) is 11.5 Å². The van der Waals surface area contributed by atoms with Gasteiger partial charge in [0, 0.05) is 5.56 Å². The number of anilines is 1. The van der Waals surface area contributed by atoms with Gasteiger partial charge in [0.05, 0.1) is 29.6 Å². The molecule has 0 atom stereocenters. The van der Waals surface area contributed by atoms with Crippen molar-refractivity contribution in [3.05, 3.63) is 95.6 Å². The monoisotopic (exact) mass is 412 g/mol. The second kappa shape index (κ2) is 8.67. The van der Waals surface area contributed by atoms with Crippen LogP contribution in [-0.4, -0.2) is 24.7 Å². The standard InChI is InChI=1S/C25H20N2O4/c1-17-22(24(28)27(26-17)20-9-4-3-5-10-20)16-19-8-6-7-11-23(19)31-25(29)18-12-14-21(30-2)15-13-18/h3-16H,1-2H3/b22-16+. The van der Waals surface area contributed by atoms with E-state index in [0.717, 1.165) is 0 Å². The lowest BCUT2D eigenvalue weighted by atomic mass is 10.1. The first-order chi connectivity index (χ1) is 15.1. The fraction of sp³-hybridized carbons (Fsp3) is 0.0800. The van der Waals surface area contributed by atoms with Crippen molar-refractivity contribution >= 4 is 29.4 Å². The molecule has 6 nitrogen and oxygen atoms in total. The van der Waals surface area contributed by atoms with Crippen molar-refractivity contribution in [2.75, 3.05) is 12.1 Å². The zero-order valence-corrected chi connectivity index (χ0v) is 17.1. The van der Waals surface area contributed by atoms with E-state index < -0.39 is 5.97 Å². The average Bonchev–Trinajstić information content (AvgIpc) is 3.09. The summed E-state index contributed by atoms with van der Waals surface area (Å²) in [5.41, 5.74) is 2.72. The van der Waals surface area contributed by atoms with E-state index in [4.69, 9.17) is 9.47 Å². The molecule has 0 N–H and O–H groups in total. The number of amides is 1. The zero-order chi connectivity index (χ0) is 21.8. The summed E-state index contributed by atoms with van der Waals surface area (Å²) < 4.78 is 10.7. The molecule has 0 spiro atoms. The molecule has 1 aliphatic rings. The second-order valence-corrected chi connectivity index (χ2v) is 6.85. The lowest BCUT2D eigenvalue weighted by Gasteiger charge is -2.11. The molecule has 6 heteroatoms. The number of methoxy groups -OCH3 is 1. The molecular weight excluding hydrogens is 392 g/mol. The Labute approximate surface area is 180 Å². The van der Waals surface area contributed by atoms with Crippen LogP contribution in [0.3, 0.4) is 0 Å². The molecule has 0 saturated carbocycles. The lowest BCUT2D eigenvalue weighted by molar-refractivity contribution is -0.114. The summed E-state index contributed by atoms with van der Waals surface area (Å²) in [7, 11) is 1.56. The average molecular weight is 412 g/mol. The third-order valence-electron chi connectivity index (χ3n) is 4.81. The normalized spacial score (nSPS) is 14.5. The number of rotatable bonds is 5. The fourth-order valence-corrected chi connectivity index (χ4v) is 3.16. The van der Waals surface area contributed by atoms with Gasteiger partial charge in [-0.05, 0) is 55.5 Å². The Balaban J connectivity index is 1.60. The highest BCUT2D eigenvalue weighted by Gasteiger charge is 2.29. The number of esters is 1. The van der Waals surface area contributed by atoms with Crippen LogP contribution >= 0.6 is 0 Å². The summed E-state index contributed by atoms with van der Waals surface area (Å²) in [6.45, 7) is 1.78. The van der Waals surface area contributed by atoms with E-state index in [1.807, 2.05) is 36.4 Å². The second-order valence-electron chi connectivity index (χ2n) is 6.85. The molecule has 0 aromatic heterocycles. The molecule has 4 rings (SSSR count). The van der Waals surface area contributed by atoms with E-state index in [0.29, 0.717) is 39.6 Å². The number of ether oxygens (including phenoxy) is 2. The minimum atomic E-state index is -0.498. The zero-order valence-electron chi connectivity index (χ0n) is 17.1. The van der Waals surface area contributed by atoms with Gasteiger partial charge in [0.2, 0.25) is 0 Å². The van der Waals surface area contributed by atoms with E-state index in [9.17, 15) is 9.59 Å². The van der Waals surface area contributed by atoms with Crippen molar-refractivity contribution in [1.82, 2.24) is 0 Å². The molecule has 0 radical (unpaired) electrons.